The zero-order valence-electron chi connectivity index (χ0n) is 11.0. The third-order valence-corrected chi connectivity index (χ3v) is 3.36. The molecule has 2 rings (SSSR count). The Labute approximate surface area is 118 Å². The number of nitrogens with zero attached hydrogens (tertiary/aromatic N) is 1. The second kappa shape index (κ2) is 6.66. The number of fused-ring (bicyclic) bond motifs is 1. The molecule has 1 heterocycles. The van der Waals surface area contributed by atoms with E-state index in [1.54, 1.807) is 23.1 Å². The first-order valence-electron chi connectivity index (χ1n) is 6.43. The predicted molar refractivity (Wildman–Crippen MR) is 74.1 cm³/mol. The number of amides is 1. The van der Waals surface area contributed by atoms with Crippen LogP contribution in [0.4, 0.5) is 0 Å². The van der Waals surface area contributed by atoms with E-state index in [1.807, 2.05) is 7.05 Å². The smallest absolute Gasteiger partial charge is 0.253 e. The van der Waals surface area contributed by atoms with Crippen molar-refractivity contribution in [1.29, 1.82) is 0 Å². The van der Waals surface area contributed by atoms with Crippen molar-refractivity contribution >= 4 is 17.5 Å². The third-order valence-electron chi connectivity index (χ3n) is 3.09. The van der Waals surface area contributed by atoms with Gasteiger partial charge in [0.1, 0.15) is 0 Å². The highest BCUT2D eigenvalue weighted by molar-refractivity contribution is 6.17. The van der Waals surface area contributed by atoms with Crippen molar-refractivity contribution in [2.75, 3.05) is 26.3 Å². The fourth-order valence-corrected chi connectivity index (χ4v) is 2.16. The molecule has 0 saturated heterocycles. The Balaban J connectivity index is 1.91. The number of carbonyl (C=O) groups is 1. The molecule has 0 saturated carbocycles. The zero-order chi connectivity index (χ0) is 13.7. The molecule has 104 valence electrons. The van der Waals surface area contributed by atoms with Crippen LogP contribution in [-0.2, 0) is 0 Å². The lowest BCUT2D eigenvalue weighted by Gasteiger charge is -2.17. The molecule has 4 nitrogen and oxygen atoms in total. The van der Waals surface area contributed by atoms with Crippen LogP contribution >= 0.6 is 11.6 Å². The van der Waals surface area contributed by atoms with Crippen LogP contribution in [-0.4, -0.2) is 37.1 Å². The molecule has 0 fully saturated rings. The summed E-state index contributed by atoms with van der Waals surface area (Å²) in [6.45, 7) is 0.964. The Morgan fingerprint density at radius 2 is 2.05 bits per heavy atom. The molecule has 0 unspecified atom stereocenters. The Morgan fingerprint density at radius 1 is 1.26 bits per heavy atom. The lowest BCUT2D eigenvalue weighted by atomic mass is 10.1. The molecule has 0 bridgehead atoms. The van der Waals surface area contributed by atoms with Crippen LogP contribution in [0.3, 0.4) is 0 Å². The molecule has 0 N–H and O–H groups in total. The van der Waals surface area contributed by atoms with E-state index < -0.39 is 0 Å². The molecule has 0 spiro atoms. The predicted octanol–water partition coefficient (Wildman–Crippen LogP) is 2.90. The fraction of sp³-hybridized carbons (Fsp3) is 0.500. The number of rotatable bonds is 6. The molecule has 1 aliphatic rings. The van der Waals surface area contributed by atoms with Crippen LogP contribution < -0.4 is 9.47 Å². The summed E-state index contributed by atoms with van der Waals surface area (Å²) in [7, 11) is 1.81. The van der Waals surface area contributed by atoms with E-state index in [-0.39, 0.29) is 12.7 Å². The van der Waals surface area contributed by atoms with Gasteiger partial charge in [0.2, 0.25) is 6.79 Å². The Morgan fingerprint density at radius 3 is 2.84 bits per heavy atom. The summed E-state index contributed by atoms with van der Waals surface area (Å²) in [5.74, 6) is 2.02. The van der Waals surface area contributed by atoms with E-state index in [0.29, 0.717) is 22.9 Å². The maximum Gasteiger partial charge on any atom is 0.253 e. The molecule has 0 atom stereocenters. The molecule has 1 aromatic carbocycles. The molecule has 1 amide bonds. The minimum Gasteiger partial charge on any atom is -0.454 e. The van der Waals surface area contributed by atoms with Crippen LogP contribution in [0.5, 0.6) is 11.5 Å². The molecule has 0 radical (unpaired) electrons. The van der Waals surface area contributed by atoms with Gasteiger partial charge in [-0.1, -0.05) is 6.42 Å². The first-order valence-corrected chi connectivity index (χ1v) is 6.97. The van der Waals surface area contributed by atoms with Gasteiger partial charge in [-0.05, 0) is 31.0 Å². The monoisotopic (exact) mass is 283 g/mol. The summed E-state index contributed by atoms with van der Waals surface area (Å²) >= 11 is 5.62. The van der Waals surface area contributed by atoms with Gasteiger partial charge in [0.25, 0.3) is 5.91 Å². The number of benzene rings is 1. The topological polar surface area (TPSA) is 38.8 Å². The van der Waals surface area contributed by atoms with Crippen molar-refractivity contribution in [3.05, 3.63) is 23.8 Å². The standard InChI is InChI=1S/C14H18ClNO3/c1-16(8-4-2-3-7-15)14(17)11-5-6-12-13(9-11)19-10-18-12/h5-6,9H,2-4,7-8,10H2,1H3. The summed E-state index contributed by atoms with van der Waals surface area (Å²) in [5, 5.41) is 0. The summed E-state index contributed by atoms with van der Waals surface area (Å²) in [4.78, 5) is 13.9. The summed E-state index contributed by atoms with van der Waals surface area (Å²) < 4.78 is 10.5. The lowest BCUT2D eigenvalue weighted by Crippen LogP contribution is -2.27. The molecule has 19 heavy (non-hydrogen) atoms. The van der Waals surface area contributed by atoms with Crippen LogP contribution in [0.2, 0.25) is 0 Å². The molecule has 1 aromatic rings. The maximum absolute atomic E-state index is 12.2. The van der Waals surface area contributed by atoms with Crippen LogP contribution in [0.1, 0.15) is 29.6 Å². The van der Waals surface area contributed by atoms with Gasteiger partial charge in [0.05, 0.1) is 0 Å². The van der Waals surface area contributed by atoms with E-state index in [1.165, 1.54) is 0 Å². The molecular weight excluding hydrogens is 266 g/mol. The van der Waals surface area contributed by atoms with Gasteiger partial charge >= 0.3 is 0 Å². The fourth-order valence-electron chi connectivity index (χ4n) is 1.97. The van der Waals surface area contributed by atoms with Crippen LogP contribution in [0.15, 0.2) is 18.2 Å². The first-order chi connectivity index (χ1) is 9.22. The highest BCUT2D eigenvalue weighted by Crippen LogP contribution is 2.32. The SMILES string of the molecule is CN(CCCCCCl)C(=O)c1ccc2c(c1)OCO2. The van der Waals surface area contributed by atoms with Crippen molar-refractivity contribution in [3.63, 3.8) is 0 Å². The number of carbonyl (C=O) groups excluding carboxylic acids is 1. The van der Waals surface area contributed by atoms with Crippen LogP contribution in [0.25, 0.3) is 0 Å². The van der Waals surface area contributed by atoms with Gasteiger partial charge in [0, 0.05) is 25.0 Å². The Bertz CT molecular complexity index is 450. The maximum atomic E-state index is 12.2. The van der Waals surface area contributed by atoms with Gasteiger partial charge in [0.15, 0.2) is 11.5 Å². The van der Waals surface area contributed by atoms with Gasteiger partial charge < -0.3 is 14.4 Å². The Kier molecular flexibility index (Phi) is 4.91. The minimum atomic E-state index is 0.00386. The second-order valence-electron chi connectivity index (χ2n) is 4.54. The number of unbranched alkanes of at least 4 members (excludes halogenated alkanes) is 2. The highest BCUT2D eigenvalue weighted by atomic mass is 35.5. The summed E-state index contributed by atoms with van der Waals surface area (Å²) in [6.07, 6.45) is 3.01. The molecular formula is C14H18ClNO3. The Hall–Kier alpha value is -1.42. The zero-order valence-corrected chi connectivity index (χ0v) is 11.8. The molecule has 0 aromatic heterocycles. The quantitative estimate of drug-likeness (QED) is 0.595. The van der Waals surface area contributed by atoms with Crippen molar-refractivity contribution in [2.45, 2.75) is 19.3 Å². The lowest BCUT2D eigenvalue weighted by molar-refractivity contribution is 0.0792. The van der Waals surface area contributed by atoms with Gasteiger partial charge in [-0.3, -0.25) is 4.79 Å². The van der Waals surface area contributed by atoms with Gasteiger partial charge in [-0.15, -0.1) is 11.6 Å². The highest BCUT2D eigenvalue weighted by Gasteiger charge is 2.18. The normalized spacial score (nSPS) is 12.5. The van der Waals surface area contributed by atoms with Crippen molar-refractivity contribution in [3.8, 4) is 11.5 Å². The van der Waals surface area contributed by atoms with E-state index in [2.05, 4.69) is 0 Å². The first kappa shape index (κ1) is 14.0. The average molecular weight is 284 g/mol. The minimum absolute atomic E-state index is 0.00386. The van der Waals surface area contributed by atoms with Crippen molar-refractivity contribution in [2.24, 2.45) is 0 Å². The number of halogens is 1. The largest absolute Gasteiger partial charge is 0.454 e. The third kappa shape index (κ3) is 3.53. The van der Waals surface area contributed by atoms with Gasteiger partial charge in [-0.25, -0.2) is 0 Å². The van der Waals surface area contributed by atoms with E-state index in [9.17, 15) is 4.79 Å². The van der Waals surface area contributed by atoms with E-state index in [4.69, 9.17) is 21.1 Å². The number of ether oxygens (including phenoxy) is 2. The number of alkyl halides is 1. The van der Waals surface area contributed by atoms with Crippen molar-refractivity contribution < 1.29 is 14.3 Å². The molecule has 5 heteroatoms. The second-order valence-corrected chi connectivity index (χ2v) is 4.92. The average Bonchev–Trinajstić information content (AvgIpc) is 2.89. The molecule has 0 aliphatic carbocycles. The summed E-state index contributed by atoms with van der Waals surface area (Å²) in [5.41, 5.74) is 0.629. The van der Waals surface area contributed by atoms with Gasteiger partial charge in [-0.2, -0.15) is 0 Å². The summed E-state index contributed by atoms with van der Waals surface area (Å²) in [6, 6.07) is 5.28. The van der Waals surface area contributed by atoms with E-state index in [0.717, 1.165) is 25.8 Å². The van der Waals surface area contributed by atoms with Crippen LogP contribution in [0, 0.1) is 0 Å². The molecule has 1 aliphatic heterocycles. The number of hydrogen-bond donors (Lipinski definition) is 0. The van der Waals surface area contributed by atoms with Crippen molar-refractivity contribution in [1.82, 2.24) is 4.90 Å². The number of hydrogen-bond acceptors (Lipinski definition) is 3. The van der Waals surface area contributed by atoms with E-state index >= 15 is 0 Å².